The molecule has 1 rings (SSSR count). The summed E-state index contributed by atoms with van der Waals surface area (Å²) >= 11 is 0. The molecule has 0 aliphatic heterocycles. The Labute approximate surface area is 243 Å². The average molecular weight is 582 g/mol. The van der Waals surface area contributed by atoms with Crippen LogP contribution in [-0.4, -0.2) is 54.2 Å². The first-order chi connectivity index (χ1) is 19.2. The van der Waals surface area contributed by atoms with Crippen molar-refractivity contribution < 1.29 is 48.0 Å². The Morgan fingerprint density at radius 1 is 0.829 bits per heavy atom. The van der Waals surface area contributed by atoms with Gasteiger partial charge >= 0.3 is 24.2 Å². The van der Waals surface area contributed by atoms with Crippen LogP contribution >= 0.6 is 0 Å². The zero-order chi connectivity index (χ0) is 31.2. The monoisotopic (exact) mass is 581 g/mol. The van der Waals surface area contributed by atoms with Crippen LogP contribution in [0.5, 0.6) is 11.5 Å². The second-order valence-electron chi connectivity index (χ2n) is 11.0. The van der Waals surface area contributed by atoms with Gasteiger partial charge in [0.2, 0.25) is 0 Å². The minimum atomic E-state index is -1.82. The first-order valence-corrected chi connectivity index (χ1v) is 14.3. The number of carbonyl (C=O) groups is 4. The van der Waals surface area contributed by atoms with Crippen molar-refractivity contribution in [1.29, 1.82) is 0 Å². The number of carboxylic acid groups (broad SMARTS) is 1. The van der Waals surface area contributed by atoms with E-state index in [0.717, 1.165) is 19.3 Å². The van der Waals surface area contributed by atoms with Crippen molar-refractivity contribution in [3.05, 3.63) is 23.8 Å². The molecule has 0 bridgehead atoms. The van der Waals surface area contributed by atoms with Crippen molar-refractivity contribution in [2.24, 2.45) is 23.5 Å². The summed E-state index contributed by atoms with van der Waals surface area (Å²) in [5.41, 5.74) is 4.85. The third-order valence-electron chi connectivity index (χ3n) is 6.90. The number of benzene rings is 1. The molecule has 0 saturated carbocycles. The van der Waals surface area contributed by atoms with Gasteiger partial charge in [0.1, 0.15) is 11.6 Å². The predicted molar refractivity (Wildman–Crippen MR) is 152 cm³/mol. The Morgan fingerprint density at radius 2 is 1.34 bits per heavy atom. The first kappa shape index (κ1) is 35.7. The molecular weight excluding hydrogens is 534 g/mol. The summed E-state index contributed by atoms with van der Waals surface area (Å²) in [5, 5.41) is 9.96. The highest BCUT2D eigenvalue weighted by atomic mass is 16.7. The first-order valence-electron chi connectivity index (χ1n) is 14.3. The number of hydrogen-bond donors (Lipinski definition) is 2. The van der Waals surface area contributed by atoms with Crippen molar-refractivity contribution >= 4 is 24.2 Å². The summed E-state index contributed by atoms with van der Waals surface area (Å²) in [6.07, 6.45) is -0.500. The van der Waals surface area contributed by atoms with E-state index < -0.39 is 35.9 Å². The summed E-state index contributed by atoms with van der Waals surface area (Å²) in [6.45, 7) is 13.5. The molecule has 1 aromatic carbocycles. The summed E-state index contributed by atoms with van der Waals surface area (Å²) < 4.78 is 26.3. The Balaban J connectivity index is 3.15. The molecule has 0 radical (unpaired) electrons. The van der Waals surface area contributed by atoms with Gasteiger partial charge < -0.3 is 34.5 Å². The van der Waals surface area contributed by atoms with E-state index in [4.69, 9.17) is 29.4 Å². The van der Waals surface area contributed by atoms with Gasteiger partial charge in [0.05, 0.1) is 13.2 Å². The molecule has 0 fully saturated rings. The Bertz CT molecular complexity index is 1010. The fourth-order valence-electron chi connectivity index (χ4n) is 3.58. The number of esters is 1. The third kappa shape index (κ3) is 13.2. The Kier molecular flexibility index (Phi) is 15.2. The highest BCUT2D eigenvalue weighted by Crippen LogP contribution is 2.31. The van der Waals surface area contributed by atoms with Crippen LogP contribution in [0.3, 0.4) is 0 Å². The van der Waals surface area contributed by atoms with E-state index in [1.165, 1.54) is 18.2 Å². The fourth-order valence-corrected chi connectivity index (χ4v) is 3.58. The Morgan fingerprint density at radius 3 is 1.83 bits per heavy atom. The summed E-state index contributed by atoms with van der Waals surface area (Å²) in [4.78, 5) is 49.1. The van der Waals surface area contributed by atoms with Crippen molar-refractivity contribution in [2.75, 3.05) is 13.2 Å². The molecule has 11 nitrogen and oxygen atoms in total. The van der Waals surface area contributed by atoms with E-state index in [1.54, 1.807) is 6.92 Å². The number of nitrogens with two attached hydrogens (primary N) is 1. The summed E-state index contributed by atoms with van der Waals surface area (Å²) in [5.74, 6) is -1.64. The van der Waals surface area contributed by atoms with E-state index in [0.29, 0.717) is 5.56 Å². The molecule has 0 spiro atoms. The maximum absolute atomic E-state index is 12.4. The van der Waals surface area contributed by atoms with Gasteiger partial charge in [-0.1, -0.05) is 66.9 Å². The van der Waals surface area contributed by atoms with Gasteiger partial charge in [0.15, 0.2) is 11.5 Å². The molecule has 41 heavy (non-hydrogen) atoms. The number of hydrogen-bond acceptors (Lipinski definition) is 10. The molecule has 4 unspecified atom stereocenters. The average Bonchev–Trinajstić information content (AvgIpc) is 2.91. The van der Waals surface area contributed by atoms with E-state index in [9.17, 15) is 24.3 Å². The largest absolute Gasteiger partial charge is 0.513 e. The van der Waals surface area contributed by atoms with Gasteiger partial charge in [-0.05, 0) is 42.4 Å². The lowest BCUT2D eigenvalue weighted by atomic mass is 9.86. The molecule has 0 aliphatic rings. The number of ether oxygens (including phenoxy) is 5. The number of carboxylic acids is 1. The van der Waals surface area contributed by atoms with Gasteiger partial charge in [-0.15, -0.1) is 0 Å². The highest BCUT2D eigenvalue weighted by Gasteiger charge is 2.37. The van der Waals surface area contributed by atoms with E-state index in [1.807, 2.05) is 41.5 Å². The molecule has 0 heterocycles. The van der Waals surface area contributed by atoms with Crippen molar-refractivity contribution in [3.63, 3.8) is 0 Å². The number of carbonyl (C=O) groups excluding carboxylic acids is 3. The standard InChI is InChI=1S/C30H47NO10/c1-8-19(4)13-26(32)39-22(7)15-30(31,27(33)34)16-23-11-12-24(40-28(35)37-17-20(5)9-2)25(14-23)41-29(36)38-18-21(6)10-3/h11-12,14,19-22H,8-10,13,15-18,31H2,1-7H3,(H,33,34)/t19?,20?,21?,22-,30?/m0/s1. The predicted octanol–water partition coefficient (Wildman–Crippen LogP) is 5.89. The summed E-state index contributed by atoms with van der Waals surface area (Å²) in [7, 11) is 0. The fraction of sp³-hybridized carbons (Fsp3) is 0.667. The molecule has 0 saturated heterocycles. The van der Waals surface area contributed by atoms with E-state index in [2.05, 4.69) is 0 Å². The van der Waals surface area contributed by atoms with Crippen molar-refractivity contribution in [2.45, 2.75) is 98.6 Å². The maximum Gasteiger partial charge on any atom is 0.513 e. The van der Waals surface area contributed by atoms with Crippen LogP contribution in [0, 0.1) is 17.8 Å². The molecule has 0 amide bonds. The smallest absolute Gasteiger partial charge is 0.480 e. The quantitative estimate of drug-likeness (QED) is 0.128. The summed E-state index contributed by atoms with van der Waals surface area (Å²) in [6, 6.07) is 4.21. The highest BCUT2D eigenvalue weighted by molar-refractivity contribution is 5.79. The molecule has 5 atom stereocenters. The lowest BCUT2D eigenvalue weighted by Crippen LogP contribution is -2.52. The van der Waals surface area contributed by atoms with Crippen LogP contribution in [0.2, 0.25) is 0 Å². The van der Waals surface area contributed by atoms with Crippen LogP contribution in [0.15, 0.2) is 18.2 Å². The van der Waals surface area contributed by atoms with E-state index in [-0.39, 0.29) is 61.7 Å². The van der Waals surface area contributed by atoms with Gasteiger partial charge in [-0.2, -0.15) is 0 Å². The zero-order valence-electron chi connectivity index (χ0n) is 25.4. The molecular formula is C30H47NO10. The van der Waals surface area contributed by atoms with E-state index >= 15 is 0 Å². The molecule has 0 aliphatic carbocycles. The topological polar surface area (TPSA) is 161 Å². The lowest BCUT2D eigenvalue weighted by molar-refractivity contribution is -0.154. The molecule has 232 valence electrons. The maximum atomic E-state index is 12.4. The minimum absolute atomic E-state index is 0.106. The molecule has 1 aromatic rings. The van der Waals surface area contributed by atoms with Gasteiger partial charge in [-0.3, -0.25) is 9.59 Å². The second-order valence-corrected chi connectivity index (χ2v) is 11.0. The molecule has 11 heteroatoms. The molecule has 3 N–H and O–H groups in total. The van der Waals surface area contributed by atoms with Crippen molar-refractivity contribution in [3.8, 4) is 11.5 Å². The van der Waals surface area contributed by atoms with Crippen LogP contribution in [-0.2, 0) is 30.2 Å². The zero-order valence-corrected chi connectivity index (χ0v) is 25.4. The SMILES string of the molecule is CCC(C)COC(=O)Oc1ccc(CC(N)(C[C@H](C)OC(=O)CC(C)CC)C(=O)O)cc1OC(=O)OCC(C)CC. The second kappa shape index (κ2) is 17.5. The van der Waals surface area contributed by atoms with Gasteiger partial charge in [0, 0.05) is 19.3 Å². The normalized spacial score (nSPS) is 15.4. The lowest BCUT2D eigenvalue weighted by Gasteiger charge is -2.28. The van der Waals surface area contributed by atoms with Crippen LogP contribution in [0.1, 0.15) is 86.1 Å². The number of aliphatic carboxylic acids is 1. The van der Waals surface area contributed by atoms with Crippen molar-refractivity contribution in [1.82, 2.24) is 0 Å². The van der Waals surface area contributed by atoms with Crippen LogP contribution < -0.4 is 15.2 Å². The Hall–Kier alpha value is -3.34. The molecule has 0 aromatic heterocycles. The van der Waals surface area contributed by atoms with Crippen LogP contribution in [0.4, 0.5) is 9.59 Å². The van der Waals surface area contributed by atoms with Gasteiger partial charge in [0.25, 0.3) is 0 Å². The van der Waals surface area contributed by atoms with Gasteiger partial charge in [-0.25, -0.2) is 9.59 Å². The third-order valence-corrected chi connectivity index (χ3v) is 6.90. The van der Waals surface area contributed by atoms with Crippen LogP contribution in [0.25, 0.3) is 0 Å². The minimum Gasteiger partial charge on any atom is -0.480 e. The number of rotatable bonds is 17.